The van der Waals surface area contributed by atoms with Gasteiger partial charge < -0.3 is 0 Å². The van der Waals surface area contributed by atoms with Gasteiger partial charge in [-0.25, -0.2) is 9.37 Å². The largest absolute Gasteiger partial charge is 0.294 e. The fourth-order valence-electron chi connectivity index (χ4n) is 0.964. The second-order valence-corrected chi connectivity index (χ2v) is 3.45. The first-order valence-corrected chi connectivity index (χ1v) is 4.53. The highest BCUT2D eigenvalue weighted by atomic mass is 35.5. The lowest BCUT2D eigenvalue weighted by atomic mass is 10.4. The van der Waals surface area contributed by atoms with Crippen molar-refractivity contribution in [3.05, 3.63) is 17.2 Å². The molecule has 1 N–H and O–H groups in total. The maximum Gasteiger partial charge on any atom is 0.231 e. The normalized spacial score (nSPS) is 15.3. The molecule has 0 atom stereocenters. The summed E-state index contributed by atoms with van der Waals surface area (Å²) in [5.41, 5.74) is 0. The molecule has 1 aromatic heterocycles. The van der Waals surface area contributed by atoms with Gasteiger partial charge in [0.1, 0.15) is 0 Å². The summed E-state index contributed by atoms with van der Waals surface area (Å²) in [6.07, 6.45) is 2.71. The Balaban J connectivity index is 2.08. The van der Waals surface area contributed by atoms with Crippen molar-refractivity contribution in [1.82, 2.24) is 9.97 Å². The molecule has 1 aliphatic carbocycles. The van der Waals surface area contributed by atoms with E-state index in [9.17, 15) is 9.18 Å². The van der Waals surface area contributed by atoms with Gasteiger partial charge in [-0.2, -0.15) is 4.98 Å². The van der Waals surface area contributed by atoms with E-state index in [1.807, 2.05) is 0 Å². The SMILES string of the molecule is O=C(Nc1ncc(F)c(Cl)n1)C1CC1. The zero-order valence-corrected chi connectivity index (χ0v) is 7.88. The van der Waals surface area contributed by atoms with Crippen LogP contribution < -0.4 is 5.32 Å². The molecule has 14 heavy (non-hydrogen) atoms. The summed E-state index contributed by atoms with van der Waals surface area (Å²) in [7, 11) is 0. The van der Waals surface area contributed by atoms with Crippen LogP contribution in [0.25, 0.3) is 0 Å². The molecule has 1 aromatic rings. The average molecular weight is 216 g/mol. The molecule has 0 aromatic carbocycles. The molecular weight excluding hydrogens is 209 g/mol. The van der Waals surface area contributed by atoms with Crippen LogP contribution in [0.2, 0.25) is 5.15 Å². The molecule has 4 nitrogen and oxygen atoms in total. The maximum absolute atomic E-state index is 12.6. The molecule has 0 unspecified atom stereocenters. The highest BCUT2D eigenvalue weighted by molar-refractivity contribution is 6.29. The van der Waals surface area contributed by atoms with Gasteiger partial charge in [-0.1, -0.05) is 11.6 Å². The smallest absolute Gasteiger partial charge is 0.231 e. The van der Waals surface area contributed by atoms with Crippen molar-refractivity contribution in [1.29, 1.82) is 0 Å². The fourth-order valence-corrected chi connectivity index (χ4v) is 1.09. The number of nitrogens with zero attached hydrogens (tertiary/aromatic N) is 2. The Bertz CT molecular complexity index is 381. The number of rotatable bonds is 2. The molecule has 1 aliphatic rings. The molecule has 6 heteroatoms. The van der Waals surface area contributed by atoms with E-state index >= 15 is 0 Å². The van der Waals surface area contributed by atoms with Crippen molar-refractivity contribution in [2.75, 3.05) is 5.32 Å². The fraction of sp³-hybridized carbons (Fsp3) is 0.375. The molecule has 74 valence electrons. The summed E-state index contributed by atoms with van der Waals surface area (Å²) in [4.78, 5) is 18.4. The van der Waals surface area contributed by atoms with E-state index in [-0.39, 0.29) is 22.9 Å². The molecule has 0 radical (unpaired) electrons. The number of anilines is 1. The molecule has 0 aliphatic heterocycles. The monoisotopic (exact) mass is 215 g/mol. The van der Waals surface area contributed by atoms with Crippen molar-refractivity contribution < 1.29 is 9.18 Å². The van der Waals surface area contributed by atoms with E-state index in [0.29, 0.717) is 0 Å². The number of carbonyl (C=O) groups is 1. The van der Waals surface area contributed by atoms with Gasteiger partial charge in [-0.05, 0) is 12.8 Å². The minimum atomic E-state index is -0.698. The standard InChI is InChI=1S/C8H7ClFN3O/c9-6-5(10)3-11-8(12-6)13-7(14)4-1-2-4/h3-4H,1-2H2,(H,11,12,13,14). The van der Waals surface area contributed by atoms with Gasteiger partial charge in [0, 0.05) is 5.92 Å². The van der Waals surface area contributed by atoms with Crippen LogP contribution in [-0.2, 0) is 4.79 Å². The van der Waals surface area contributed by atoms with E-state index in [2.05, 4.69) is 15.3 Å². The molecule has 1 amide bonds. The summed E-state index contributed by atoms with van der Waals surface area (Å²) < 4.78 is 12.6. The van der Waals surface area contributed by atoms with Crippen LogP contribution in [0.4, 0.5) is 10.3 Å². The van der Waals surface area contributed by atoms with Crippen molar-refractivity contribution >= 4 is 23.5 Å². The Labute approximate surface area is 84.5 Å². The van der Waals surface area contributed by atoms with Gasteiger partial charge in [0.15, 0.2) is 11.0 Å². The molecule has 0 spiro atoms. The third-order valence-corrected chi connectivity index (χ3v) is 2.15. The quantitative estimate of drug-likeness (QED) is 0.763. The molecule has 1 fully saturated rings. The van der Waals surface area contributed by atoms with E-state index < -0.39 is 5.82 Å². The van der Waals surface area contributed by atoms with E-state index in [4.69, 9.17) is 11.6 Å². The van der Waals surface area contributed by atoms with E-state index in [1.165, 1.54) is 0 Å². The number of aromatic nitrogens is 2. The number of hydrogen-bond acceptors (Lipinski definition) is 3. The molecule has 1 heterocycles. The van der Waals surface area contributed by atoms with Crippen LogP contribution in [0.1, 0.15) is 12.8 Å². The minimum Gasteiger partial charge on any atom is -0.294 e. The molecular formula is C8H7ClFN3O. The maximum atomic E-state index is 12.6. The van der Waals surface area contributed by atoms with Gasteiger partial charge in [-0.3, -0.25) is 10.1 Å². The van der Waals surface area contributed by atoms with Gasteiger partial charge in [0.2, 0.25) is 11.9 Å². The van der Waals surface area contributed by atoms with Crippen molar-refractivity contribution in [2.24, 2.45) is 5.92 Å². The lowest BCUT2D eigenvalue weighted by Gasteiger charge is -2.01. The summed E-state index contributed by atoms with van der Waals surface area (Å²) in [6, 6.07) is 0. The van der Waals surface area contributed by atoms with Gasteiger partial charge >= 0.3 is 0 Å². The van der Waals surface area contributed by atoms with Crippen LogP contribution in [0.15, 0.2) is 6.20 Å². The second kappa shape index (κ2) is 3.49. The Kier molecular flexibility index (Phi) is 2.33. The summed E-state index contributed by atoms with van der Waals surface area (Å²) >= 11 is 5.42. The molecule has 0 bridgehead atoms. The van der Waals surface area contributed by atoms with Crippen LogP contribution in [0.3, 0.4) is 0 Å². The predicted octanol–water partition coefficient (Wildman–Crippen LogP) is 1.62. The van der Waals surface area contributed by atoms with Crippen molar-refractivity contribution in [3.8, 4) is 0 Å². The number of hydrogen-bond donors (Lipinski definition) is 1. The number of nitrogens with one attached hydrogen (secondary N) is 1. The van der Waals surface area contributed by atoms with E-state index in [1.54, 1.807) is 0 Å². The topological polar surface area (TPSA) is 54.9 Å². The Morgan fingerprint density at radius 2 is 2.36 bits per heavy atom. The first-order chi connectivity index (χ1) is 6.66. The Hall–Kier alpha value is -1.23. The molecule has 0 saturated heterocycles. The van der Waals surface area contributed by atoms with Crippen molar-refractivity contribution in [2.45, 2.75) is 12.8 Å². The van der Waals surface area contributed by atoms with Crippen LogP contribution >= 0.6 is 11.6 Å². The highest BCUT2D eigenvalue weighted by Crippen LogP contribution is 2.29. The van der Waals surface area contributed by atoms with Gasteiger partial charge in [0.25, 0.3) is 0 Å². The summed E-state index contributed by atoms with van der Waals surface area (Å²) in [5, 5.41) is 2.17. The van der Waals surface area contributed by atoms with Crippen LogP contribution in [-0.4, -0.2) is 15.9 Å². The lowest BCUT2D eigenvalue weighted by molar-refractivity contribution is -0.117. The second-order valence-electron chi connectivity index (χ2n) is 3.10. The van der Waals surface area contributed by atoms with Gasteiger partial charge in [0.05, 0.1) is 6.20 Å². The van der Waals surface area contributed by atoms with Crippen LogP contribution in [0.5, 0.6) is 0 Å². The average Bonchev–Trinajstić information content (AvgIpc) is 2.94. The Morgan fingerprint density at radius 3 is 2.93 bits per heavy atom. The first kappa shape index (κ1) is 9.33. The Morgan fingerprint density at radius 1 is 1.64 bits per heavy atom. The third-order valence-electron chi connectivity index (χ3n) is 1.88. The molecule has 1 saturated carbocycles. The molecule has 2 rings (SSSR count). The predicted molar refractivity (Wildman–Crippen MR) is 48.4 cm³/mol. The zero-order chi connectivity index (χ0) is 10.1. The lowest BCUT2D eigenvalue weighted by Crippen LogP contribution is -2.15. The van der Waals surface area contributed by atoms with Crippen molar-refractivity contribution in [3.63, 3.8) is 0 Å². The first-order valence-electron chi connectivity index (χ1n) is 4.15. The minimum absolute atomic E-state index is 0.0494. The van der Waals surface area contributed by atoms with E-state index in [0.717, 1.165) is 19.0 Å². The number of amides is 1. The van der Waals surface area contributed by atoms with Gasteiger partial charge in [-0.15, -0.1) is 0 Å². The third kappa shape index (κ3) is 1.98. The summed E-state index contributed by atoms with van der Waals surface area (Å²) in [6.45, 7) is 0. The number of carbonyl (C=O) groups excluding carboxylic acids is 1. The zero-order valence-electron chi connectivity index (χ0n) is 7.13. The summed E-state index contributed by atoms with van der Waals surface area (Å²) in [5.74, 6) is -0.723. The van der Waals surface area contributed by atoms with Crippen LogP contribution in [0, 0.1) is 11.7 Å². The highest BCUT2D eigenvalue weighted by Gasteiger charge is 2.30. The number of halogens is 2.